The van der Waals surface area contributed by atoms with Gasteiger partial charge in [-0.15, -0.1) is 0 Å². The minimum Gasteiger partial charge on any atom is -0.472 e. The van der Waals surface area contributed by atoms with Gasteiger partial charge in [-0.1, -0.05) is 0 Å². The molecule has 1 aromatic heterocycles. The molecule has 0 spiro atoms. The van der Waals surface area contributed by atoms with Crippen LogP contribution in [0.5, 0.6) is 0 Å². The summed E-state index contributed by atoms with van der Waals surface area (Å²) in [7, 11) is -3.40. The maximum absolute atomic E-state index is 11.8. The molecule has 86 valence electrons. The van der Waals surface area contributed by atoms with Crippen molar-refractivity contribution < 1.29 is 22.6 Å². The lowest BCUT2D eigenvalue weighted by molar-refractivity contribution is 0.116. The molecule has 0 aliphatic heterocycles. The molecule has 5 nitrogen and oxygen atoms in total. The number of furan rings is 1. The van der Waals surface area contributed by atoms with Crippen LogP contribution in [0.1, 0.15) is 19.4 Å². The molecule has 1 heterocycles. The molecule has 6 heteroatoms. The average Bonchev–Trinajstić information content (AvgIpc) is 2.68. The van der Waals surface area contributed by atoms with E-state index in [2.05, 4.69) is 0 Å². The molecule has 0 unspecified atom stereocenters. The molecule has 1 aromatic rings. The lowest BCUT2D eigenvalue weighted by Crippen LogP contribution is -1.99. The van der Waals surface area contributed by atoms with Gasteiger partial charge in [-0.05, 0) is 19.9 Å². The van der Waals surface area contributed by atoms with Crippen LogP contribution in [0.3, 0.4) is 0 Å². The molecule has 0 bridgehead atoms. The Balaban J connectivity index is 2.48. The first-order chi connectivity index (χ1) is 7.20. The number of hydrogen-bond donors (Lipinski definition) is 0. The van der Waals surface area contributed by atoms with Crippen LogP contribution in [-0.4, -0.2) is 13.2 Å². The van der Waals surface area contributed by atoms with Gasteiger partial charge in [0.25, 0.3) is 0 Å². The molecule has 0 radical (unpaired) electrons. The van der Waals surface area contributed by atoms with Crippen LogP contribution in [0.15, 0.2) is 23.0 Å². The van der Waals surface area contributed by atoms with Gasteiger partial charge in [0.15, 0.2) is 0 Å². The van der Waals surface area contributed by atoms with E-state index in [0.29, 0.717) is 0 Å². The summed E-state index contributed by atoms with van der Waals surface area (Å²) in [5.41, 5.74) is 0.787. The minimum absolute atomic E-state index is 0.147. The summed E-state index contributed by atoms with van der Waals surface area (Å²) in [6.45, 7) is 4.17. The van der Waals surface area contributed by atoms with Gasteiger partial charge in [-0.2, -0.15) is 0 Å². The molecule has 0 atom stereocenters. The number of phosphoric ester groups is 1. The van der Waals surface area contributed by atoms with Crippen molar-refractivity contribution in [2.75, 3.05) is 13.2 Å². The quantitative estimate of drug-likeness (QED) is 0.679. The second-order valence-corrected chi connectivity index (χ2v) is 4.36. The van der Waals surface area contributed by atoms with E-state index in [-0.39, 0.29) is 19.8 Å². The van der Waals surface area contributed by atoms with Gasteiger partial charge in [0.2, 0.25) is 0 Å². The molecule has 0 aliphatic rings. The number of rotatable bonds is 7. The molecule has 0 aliphatic carbocycles. The van der Waals surface area contributed by atoms with E-state index in [1.165, 1.54) is 12.5 Å². The normalized spacial score (nSPS) is 11.9. The van der Waals surface area contributed by atoms with Crippen LogP contribution < -0.4 is 0 Å². The van der Waals surface area contributed by atoms with Crippen molar-refractivity contribution in [1.29, 1.82) is 0 Å². The van der Waals surface area contributed by atoms with Crippen LogP contribution in [0.2, 0.25) is 0 Å². The summed E-state index contributed by atoms with van der Waals surface area (Å²) in [5.74, 6) is 0. The molecule has 0 amide bonds. The molecule has 15 heavy (non-hydrogen) atoms. The molecule has 1 rings (SSSR count). The summed E-state index contributed by atoms with van der Waals surface area (Å²) in [6, 6.07) is 1.72. The van der Waals surface area contributed by atoms with Crippen molar-refractivity contribution in [3.05, 3.63) is 24.2 Å². The van der Waals surface area contributed by atoms with E-state index in [1.54, 1.807) is 19.9 Å². The molecule has 0 fully saturated rings. The van der Waals surface area contributed by atoms with Crippen LogP contribution in [-0.2, 0) is 24.7 Å². The summed E-state index contributed by atoms with van der Waals surface area (Å²) in [4.78, 5) is 0. The Morgan fingerprint density at radius 1 is 1.27 bits per heavy atom. The molecule has 0 aromatic carbocycles. The van der Waals surface area contributed by atoms with Crippen molar-refractivity contribution in [2.45, 2.75) is 20.5 Å². The van der Waals surface area contributed by atoms with Crippen LogP contribution in [0.4, 0.5) is 0 Å². The number of hydrogen-bond acceptors (Lipinski definition) is 5. The maximum Gasteiger partial charge on any atom is 0.475 e. The van der Waals surface area contributed by atoms with Crippen molar-refractivity contribution in [3.63, 3.8) is 0 Å². The van der Waals surface area contributed by atoms with Crippen LogP contribution >= 0.6 is 7.82 Å². The van der Waals surface area contributed by atoms with E-state index < -0.39 is 7.82 Å². The highest BCUT2D eigenvalue weighted by atomic mass is 31.2. The maximum atomic E-state index is 11.8. The molecular weight excluding hydrogens is 219 g/mol. The zero-order valence-corrected chi connectivity index (χ0v) is 9.74. The fourth-order valence-corrected chi connectivity index (χ4v) is 2.12. The Morgan fingerprint density at radius 2 is 1.93 bits per heavy atom. The Morgan fingerprint density at radius 3 is 2.40 bits per heavy atom. The Hall–Kier alpha value is -0.610. The Bertz CT molecular complexity index is 298. The first-order valence-electron chi connectivity index (χ1n) is 4.75. The molecule has 0 saturated carbocycles. The van der Waals surface area contributed by atoms with Crippen molar-refractivity contribution in [3.8, 4) is 0 Å². The van der Waals surface area contributed by atoms with Gasteiger partial charge in [0.1, 0.15) is 0 Å². The molecule has 0 N–H and O–H groups in total. The predicted octanol–water partition coefficient (Wildman–Crippen LogP) is 2.98. The third-order valence-corrected chi connectivity index (χ3v) is 3.14. The average molecular weight is 234 g/mol. The lowest BCUT2D eigenvalue weighted by Gasteiger charge is -2.15. The van der Waals surface area contributed by atoms with E-state index in [0.717, 1.165) is 5.56 Å². The van der Waals surface area contributed by atoms with E-state index in [9.17, 15) is 4.57 Å². The van der Waals surface area contributed by atoms with Gasteiger partial charge >= 0.3 is 7.82 Å². The fraction of sp³-hybridized carbons (Fsp3) is 0.556. The van der Waals surface area contributed by atoms with E-state index >= 15 is 0 Å². The smallest absolute Gasteiger partial charge is 0.472 e. The predicted molar refractivity (Wildman–Crippen MR) is 54.4 cm³/mol. The minimum atomic E-state index is -3.40. The zero-order chi connectivity index (χ0) is 11.1. The molecular formula is C9H15O5P. The standard InChI is InChI=1S/C9H15O5P/c1-3-12-15(10,13-4-2)14-8-9-5-6-11-7-9/h5-7H,3-4,8H2,1-2H3. The highest BCUT2D eigenvalue weighted by Gasteiger charge is 2.25. The van der Waals surface area contributed by atoms with Crippen LogP contribution in [0.25, 0.3) is 0 Å². The second-order valence-electron chi connectivity index (χ2n) is 2.69. The zero-order valence-electron chi connectivity index (χ0n) is 8.84. The second kappa shape index (κ2) is 6.08. The van der Waals surface area contributed by atoms with E-state index in [1.807, 2.05) is 0 Å². The summed E-state index contributed by atoms with van der Waals surface area (Å²) in [5, 5.41) is 0. The highest BCUT2D eigenvalue weighted by Crippen LogP contribution is 2.49. The summed E-state index contributed by atoms with van der Waals surface area (Å²) >= 11 is 0. The summed E-state index contributed by atoms with van der Waals surface area (Å²) in [6.07, 6.45) is 3.03. The van der Waals surface area contributed by atoms with Crippen LogP contribution in [0, 0.1) is 0 Å². The highest BCUT2D eigenvalue weighted by molar-refractivity contribution is 7.48. The van der Waals surface area contributed by atoms with Gasteiger partial charge < -0.3 is 4.42 Å². The Kier molecular flexibility index (Phi) is 5.05. The lowest BCUT2D eigenvalue weighted by atomic mass is 10.4. The largest absolute Gasteiger partial charge is 0.475 e. The SMILES string of the molecule is CCOP(=O)(OCC)OCc1ccoc1. The monoisotopic (exact) mass is 234 g/mol. The topological polar surface area (TPSA) is 57.9 Å². The molecule has 0 saturated heterocycles. The fourth-order valence-electron chi connectivity index (χ4n) is 0.956. The first kappa shape index (κ1) is 12.5. The van der Waals surface area contributed by atoms with Crippen molar-refractivity contribution in [1.82, 2.24) is 0 Å². The first-order valence-corrected chi connectivity index (χ1v) is 6.21. The van der Waals surface area contributed by atoms with Gasteiger partial charge in [-0.3, -0.25) is 13.6 Å². The van der Waals surface area contributed by atoms with Gasteiger partial charge in [0.05, 0.1) is 32.3 Å². The third-order valence-electron chi connectivity index (χ3n) is 1.54. The summed E-state index contributed by atoms with van der Waals surface area (Å²) < 4.78 is 31.7. The van der Waals surface area contributed by atoms with Gasteiger partial charge in [-0.25, -0.2) is 4.57 Å². The third kappa shape index (κ3) is 4.18. The van der Waals surface area contributed by atoms with Crippen molar-refractivity contribution >= 4 is 7.82 Å². The Labute approximate surface area is 88.9 Å². The van der Waals surface area contributed by atoms with Crippen molar-refractivity contribution in [2.24, 2.45) is 0 Å². The van der Waals surface area contributed by atoms with E-state index in [4.69, 9.17) is 18.0 Å². The van der Waals surface area contributed by atoms with Gasteiger partial charge in [0, 0.05) is 5.56 Å². The number of phosphoric acid groups is 1.